The van der Waals surface area contributed by atoms with Crippen LogP contribution in [-0.2, 0) is 34.6 Å². The van der Waals surface area contributed by atoms with Crippen molar-refractivity contribution in [2.24, 2.45) is 16.6 Å². The Labute approximate surface area is 310 Å². The monoisotopic (exact) mass is 764 g/mol. The lowest BCUT2D eigenvalue weighted by Gasteiger charge is -2.37. The average molecular weight is 765 g/mol. The molecule has 2 atom stereocenters. The van der Waals surface area contributed by atoms with Crippen LogP contribution in [0.15, 0.2) is 46.3 Å². The fourth-order valence-corrected chi connectivity index (χ4v) is 9.31. The average Bonchev–Trinajstić information content (AvgIpc) is 3.81. The molecule has 2 aliphatic heterocycles. The van der Waals surface area contributed by atoms with Gasteiger partial charge < -0.3 is 26.0 Å². The van der Waals surface area contributed by atoms with Crippen molar-refractivity contribution in [2.75, 3.05) is 18.1 Å². The lowest BCUT2D eigenvalue weighted by Crippen LogP contribution is -2.64. The molecule has 6 rings (SSSR count). The molecular formula is C36H44N8O9S. The normalized spacial score (nSPS) is 21.8. The Balaban J connectivity index is 1.39. The Morgan fingerprint density at radius 1 is 1.09 bits per heavy atom. The number of likely N-dealkylation sites (tertiary alicyclic amines) is 1. The first kappa shape index (κ1) is 38.6. The standard InChI is InChI=1S/C36H44N8O9S/c1-35(2,51)28-19-38-42-44(28)23-18-27(33(49)41-36(29(45)30(37)46)12-14-54(52,53)15-13-36)43(20-23)34(50)26(16-21-8-4-3-5-9-21)40-32(48)25-17-22-10-6-7-11-24(22)31(47)39-25/h6-7,10-11,17,19,21,23,27,51H,3-5,8-9,12-16,18,20H2,1-2H3,(H2,37,46)(H,39,47)(H,41,49)/b40-26+/t23-,27-/m0/s1. The fourth-order valence-electron chi connectivity index (χ4n) is 7.79. The third kappa shape index (κ3) is 8.03. The number of sulfone groups is 1. The van der Waals surface area contributed by atoms with Gasteiger partial charge in [0.25, 0.3) is 23.3 Å². The number of H-pyrrole nitrogens is 1. The van der Waals surface area contributed by atoms with Crippen molar-refractivity contribution in [1.29, 1.82) is 0 Å². The second kappa shape index (κ2) is 15.0. The molecule has 54 heavy (non-hydrogen) atoms. The first-order chi connectivity index (χ1) is 25.5. The maximum absolute atomic E-state index is 14.8. The SMILES string of the molecule is CC(C)(O)c1cnnn1[C@H]1C[C@@H](C(=O)NC2(C(=O)C(N)=O)CCS(=O)(=O)CC2)N(C(=O)/C(CC2CCCCC2)=N/C(=O)c2cc3ccccc3c(=O)[nH]2)C1. The Morgan fingerprint density at radius 3 is 2.44 bits per heavy atom. The number of hydrogen-bond acceptors (Lipinski definition) is 11. The highest BCUT2D eigenvalue weighted by atomic mass is 32.2. The minimum atomic E-state index is -3.56. The molecule has 288 valence electrons. The van der Waals surface area contributed by atoms with Crippen LogP contribution in [0.4, 0.5) is 0 Å². The topological polar surface area (TPSA) is 257 Å². The molecule has 0 bridgehead atoms. The number of carbonyl (C=O) groups excluding carboxylic acids is 5. The van der Waals surface area contributed by atoms with E-state index < -0.39 is 92.4 Å². The minimum absolute atomic E-state index is 0.00771. The molecular weight excluding hydrogens is 721 g/mol. The van der Waals surface area contributed by atoms with Gasteiger partial charge in [0.05, 0.1) is 29.4 Å². The van der Waals surface area contributed by atoms with Crippen molar-refractivity contribution in [3.05, 3.63) is 58.3 Å². The summed E-state index contributed by atoms with van der Waals surface area (Å²) in [4.78, 5) is 89.1. The van der Waals surface area contributed by atoms with Crippen molar-refractivity contribution < 1.29 is 37.5 Å². The highest BCUT2D eigenvalue weighted by molar-refractivity contribution is 7.91. The van der Waals surface area contributed by atoms with Crippen LogP contribution >= 0.6 is 0 Å². The summed E-state index contributed by atoms with van der Waals surface area (Å²) in [7, 11) is -3.56. The molecule has 1 aromatic carbocycles. The number of amides is 4. The van der Waals surface area contributed by atoms with Crippen LogP contribution in [0.2, 0.25) is 0 Å². The predicted molar refractivity (Wildman–Crippen MR) is 195 cm³/mol. The van der Waals surface area contributed by atoms with Crippen LogP contribution in [0.3, 0.4) is 0 Å². The number of ketones is 1. The number of aliphatic hydroxyl groups is 1. The molecule has 4 heterocycles. The Bertz CT molecular complexity index is 2180. The minimum Gasteiger partial charge on any atom is -0.384 e. The second-order valence-corrected chi connectivity index (χ2v) is 17.4. The van der Waals surface area contributed by atoms with Crippen LogP contribution in [0.25, 0.3) is 10.8 Å². The van der Waals surface area contributed by atoms with Crippen LogP contribution in [0.5, 0.6) is 0 Å². The van der Waals surface area contributed by atoms with Gasteiger partial charge in [-0.05, 0) is 56.5 Å². The molecule has 0 unspecified atom stereocenters. The van der Waals surface area contributed by atoms with E-state index in [1.54, 1.807) is 24.3 Å². The number of aliphatic imine (C=N–C) groups is 1. The maximum Gasteiger partial charge on any atom is 0.293 e. The molecule has 3 aliphatic rings. The molecule has 3 aromatic rings. The largest absolute Gasteiger partial charge is 0.384 e. The van der Waals surface area contributed by atoms with Crippen LogP contribution in [0.1, 0.15) is 93.9 Å². The molecule has 17 nitrogen and oxygen atoms in total. The summed E-state index contributed by atoms with van der Waals surface area (Å²) in [5.41, 5.74) is 1.56. The smallest absolute Gasteiger partial charge is 0.293 e. The summed E-state index contributed by atoms with van der Waals surface area (Å²) >= 11 is 0. The summed E-state index contributed by atoms with van der Waals surface area (Å²) in [6, 6.07) is 6.13. The number of primary amides is 1. The number of nitrogens with two attached hydrogens (primary N) is 1. The zero-order chi connectivity index (χ0) is 39.0. The molecule has 2 saturated heterocycles. The van der Waals surface area contributed by atoms with Crippen molar-refractivity contribution in [2.45, 2.75) is 94.9 Å². The lowest BCUT2D eigenvalue weighted by molar-refractivity contribution is -0.143. The summed E-state index contributed by atoms with van der Waals surface area (Å²) in [6.07, 6.45) is 5.03. The molecule has 4 amide bonds. The van der Waals surface area contributed by atoms with E-state index in [2.05, 4.69) is 25.6 Å². The molecule has 1 saturated carbocycles. The molecule has 1 aliphatic carbocycles. The number of aromatic amines is 1. The Kier molecular flexibility index (Phi) is 10.7. The number of hydrogen-bond donors (Lipinski definition) is 4. The van der Waals surface area contributed by atoms with E-state index in [1.807, 2.05) is 0 Å². The van der Waals surface area contributed by atoms with Crippen molar-refractivity contribution >= 4 is 55.7 Å². The van der Waals surface area contributed by atoms with Gasteiger partial charge in [-0.2, -0.15) is 0 Å². The van der Waals surface area contributed by atoms with Gasteiger partial charge in [0, 0.05) is 18.4 Å². The van der Waals surface area contributed by atoms with Crippen molar-refractivity contribution in [1.82, 2.24) is 30.2 Å². The number of nitrogens with zero attached hydrogens (tertiary/aromatic N) is 5. The third-order valence-corrected chi connectivity index (χ3v) is 12.4. The van der Waals surface area contributed by atoms with Gasteiger partial charge in [-0.3, -0.25) is 28.8 Å². The van der Waals surface area contributed by atoms with E-state index in [9.17, 15) is 42.3 Å². The number of nitrogens with one attached hydrogen (secondary N) is 2. The van der Waals surface area contributed by atoms with Gasteiger partial charge in [-0.1, -0.05) is 55.5 Å². The fraction of sp³-hybridized carbons (Fsp3) is 0.528. The molecule has 0 radical (unpaired) electrons. The van der Waals surface area contributed by atoms with Gasteiger partial charge in [-0.25, -0.2) is 18.1 Å². The summed E-state index contributed by atoms with van der Waals surface area (Å²) in [6.45, 7) is 2.90. The molecule has 18 heteroatoms. The molecule has 3 fully saturated rings. The third-order valence-electron chi connectivity index (χ3n) is 10.8. The number of carbonyl (C=O) groups is 5. The number of aromatic nitrogens is 4. The Hall–Kier alpha value is -5.10. The van der Waals surface area contributed by atoms with E-state index >= 15 is 0 Å². The zero-order valence-electron chi connectivity index (χ0n) is 30.1. The first-order valence-corrected chi connectivity index (χ1v) is 19.8. The quantitative estimate of drug-likeness (QED) is 0.166. The van der Waals surface area contributed by atoms with Gasteiger partial charge in [0.2, 0.25) is 11.7 Å². The Morgan fingerprint density at radius 2 is 1.78 bits per heavy atom. The molecule has 2 aromatic heterocycles. The van der Waals surface area contributed by atoms with Crippen molar-refractivity contribution in [3.8, 4) is 0 Å². The molecule has 0 spiro atoms. The van der Waals surface area contributed by atoms with Crippen LogP contribution in [0, 0.1) is 5.92 Å². The van der Waals surface area contributed by atoms with Crippen LogP contribution < -0.4 is 16.6 Å². The summed E-state index contributed by atoms with van der Waals surface area (Å²) in [5, 5.41) is 22.4. The van der Waals surface area contributed by atoms with E-state index in [-0.39, 0.29) is 36.7 Å². The highest BCUT2D eigenvalue weighted by Gasteiger charge is 2.50. The van der Waals surface area contributed by atoms with E-state index in [0.717, 1.165) is 32.1 Å². The van der Waals surface area contributed by atoms with Gasteiger partial charge >= 0.3 is 0 Å². The highest BCUT2D eigenvalue weighted by Crippen LogP contribution is 2.34. The zero-order valence-corrected chi connectivity index (χ0v) is 30.9. The van der Waals surface area contributed by atoms with Crippen molar-refractivity contribution in [3.63, 3.8) is 0 Å². The maximum atomic E-state index is 14.8. The summed E-state index contributed by atoms with van der Waals surface area (Å²) in [5.74, 6) is -5.92. The number of Topliss-reactive ketones (excluding diaryl/α,β-unsaturated/α-hetero) is 1. The number of pyridine rings is 1. The second-order valence-electron chi connectivity index (χ2n) is 15.1. The number of rotatable bonds is 10. The van der Waals surface area contributed by atoms with Gasteiger partial charge in [-0.15, -0.1) is 5.10 Å². The van der Waals surface area contributed by atoms with E-state index in [4.69, 9.17) is 5.73 Å². The van der Waals surface area contributed by atoms with Crippen LogP contribution in [-0.4, -0.2) is 103 Å². The van der Waals surface area contributed by atoms with E-state index in [0.29, 0.717) is 16.5 Å². The first-order valence-electron chi connectivity index (χ1n) is 18.0. The molecule has 5 N–H and O–H groups in total. The van der Waals surface area contributed by atoms with Gasteiger partial charge in [0.1, 0.15) is 28.6 Å². The summed E-state index contributed by atoms with van der Waals surface area (Å²) < 4.78 is 26.1. The van der Waals surface area contributed by atoms with Gasteiger partial charge in [0.15, 0.2) is 9.84 Å². The number of fused-ring (bicyclic) bond motifs is 1. The van der Waals surface area contributed by atoms with E-state index in [1.165, 1.54) is 35.7 Å². The lowest BCUT2D eigenvalue weighted by atomic mass is 9.85. The number of benzene rings is 1. The predicted octanol–water partition coefficient (Wildman–Crippen LogP) is 0.859.